The molecule has 2 saturated heterocycles. The highest BCUT2D eigenvalue weighted by molar-refractivity contribution is 5.81. The van der Waals surface area contributed by atoms with E-state index in [1.54, 1.807) is 0 Å². The molecule has 1 aromatic carbocycles. The third-order valence-corrected chi connectivity index (χ3v) is 4.85. The minimum Gasteiger partial charge on any atom is -0.369 e. The van der Waals surface area contributed by atoms with Crippen molar-refractivity contribution in [2.24, 2.45) is 0 Å². The van der Waals surface area contributed by atoms with Crippen molar-refractivity contribution in [1.82, 2.24) is 14.5 Å². The van der Waals surface area contributed by atoms with Gasteiger partial charge in [0.2, 0.25) is 5.95 Å². The molecule has 2 fully saturated rings. The number of benzene rings is 1. The average molecular weight is 256 g/mol. The van der Waals surface area contributed by atoms with Crippen LogP contribution in [0.2, 0.25) is 0 Å². The van der Waals surface area contributed by atoms with Gasteiger partial charge in [0.05, 0.1) is 17.1 Å². The summed E-state index contributed by atoms with van der Waals surface area (Å²) >= 11 is 0. The summed E-state index contributed by atoms with van der Waals surface area (Å²) in [5.41, 5.74) is 9.70. The summed E-state index contributed by atoms with van der Waals surface area (Å²) in [6.45, 7) is 4.57. The van der Waals surface area contributed by atoms with E-state index in [2.05, 4.69) is 39.6 Å². The molecule has 0 saturated carbocycles. The van der Waals surface area contributed by atoms with E-state index < -0.39 is 0 Å². The van der Waals surface area contributed by atoms with Crippen molar-refractivity contribution < 1.29 is 0 Å². The monoisotopic (exact) mass is 256 g/mol. The summed E-state index contributed by atoms with van der Waals surface area (Å²) in [7, 11) is 0. The number of aromatic nitrogens is 2. The lowest BCUT2D eigenvalue weighted by molar-refractivity contribution is 0.293. The third kappa shape index (κ3) is 1.53. The molecule has 19 heavy (non-hydrogen) atoms. The number of nitrogen functional groups attached to an aromatic ring is 1. The lowest BCUT2D eigenvalue weighted by Gasteiger charge is -2.22. The second kappa shape index (κ2) is 3.97. The van der Waals surface area contributed by atoms with Crippen LogP contribution in [0.1, 0.15) is 30.9 Å². The van der Waals surface area contributed by atoms with E-state index in [0.29, 0.717) is 18.0 Å². The fraction of sp³-hybridized carbons (Fsp3) is 0.533. The molecular formula is C15H20N4. The van der Waals surface area contributed by atoms with Gasteiger partial charge in [-0.2, -0.15) is 0 Å². The molecule has 2 unspecified atom stereocenters. The van der Waals surface area contributed by atoms with E-state index in [-0.39, 0.29) is 0 Å². The van der Waals surface area contributed by atoms with Crippen molar-refractivity contribution in [3.8, 4) is 0 Å². The zero-order valence-corrected chi connectivity index (χ0v) is 11.3. The van der Waals surface area contributed by atoms with Gasteiger partial charge in [0.15, 0.2) is 0 Å². The molecule has 2 aromatic rings. The predicted molar refractivity (Wildman–Crippen MR) is 77.1 cm³/mol. The molecule has 2 aliphatic rings. The van der Waals surface area contributed by atoms with Crippen molar-refractivity contribution in [1.29, 1.82) is 0 Å². The van der Waals surface area contributed by atoms with E-state index in [1.807, 2.05) is 0 Å². The van der Waals surface area contributed by atoms with Gasteiger partial charge in [-0.25, -0.2) is 4.98 Å². The van der Waals surface area contributed by atoms with Gasteiger partial charge in [0.1, 0.15) is 0 Å². The molecular weight excluding hydrogens is 236 g/mol. The van der Waals surface area contributed by atoms with Crippen molar-refractivity contribution in [2.45, 2.75) is 38.3 Å². The SMILES string of the molecule is Cc1cccc2c1nc(N)n2C1CCN2CCCC12. The van der Waals surface area contributed by atoms with Gasteiger partial charge in [-0.1, -0.05) is 12.1 Å². The van der Waals surface area contributed by atoms with E-state index in [1.165, 1.54) is 43.4 Å². The summed E-state index contributed by atoms with van der Waals surface area (Å²) in [4.78, 5) is 7.21. The van der Waals surface area contributed by atoms with Gasteiger partial charge < -0.3 is 10.3 Å². The zero-order valence-electron chi connectivity index (χ0n) is 11.3. The first-order valence-corrected chi connectivity index (χ1v) is 7.23. The smallest absolute Gasteiger partial charge is 0.201 e. The van der Waals surface area contributed by atoms with Crippen LogP contribution >= 0.6 is 0 Å². The minimum atomic E-state index is 0.509. The van der Waals surface area contributed by atoms with Crippen molar-refractivity contribution >= 4 is 17.0 Å². The number of nitrogens with zero attached hydrogens (tertiary/aromatic N) is 3. The fourth-order valence-electron chi connectivity index (χ4n) is 3.98. The summed E-state index contributed by atoms with van der Waals surface area (Å²) in [5.74, 6) is 0.683. The number of nitrogens with two attached hydrogens (primary N) is 1. The Kier molecular flexibility index (Phi) is 2.36. The maximum atomic E-state index is 6.22. The van der Waals surface area contributed by atoms with Crippen LogP contribution < -0.4 is 5.73 Å². The topological polar surface area (TPSA) is 47.1 Å². The molecule has 3 heterocycles. The van der Waals surface area contributed by atoms with Crippen LogP contribution in [0.4, 0.5) is 5.95 Å². The molecule has 2 atom stereocenters. The zero-order chi connectivity index (χ0) is 13.0. The number of hydrogen-bond donors (Lipinski definition) is 1. The third-order valence-electron chi connectivity index (χ3n) is 4.85. The van der Waals surface area contributed by atoms with Gasteiger partial charge in [-0.15, -0.1) is 0 Å². The van der Waals surface area contributed by atoms with E-state index in [9.17, 15) is 0 Å². The number of rotatable bonds is 1. The first kappa shape index (κ1) is 11.3. The second-order valence-corrected chi connectivity index (χ2v) is 5.88. The molecule has 4 rings (SSSR count). The number of fused-ring (bicyclic) bond motifs is 2. The molecule has 4 heteroatoms. The Hall–Kier alpha value is -1.55. The van der Waals surface area contributed by atoms with E-state index in [4.69, 9.17) is 5.73 Å². The molecule has 0 aliphatic carbocycles. The lowest BCUT2D eigenvalue weighted by atomic mass is 10.1. The Morgan fingerprint density at radius 1 is 1.21 bits per heavy atom. The van der Waals surface area contributed by atoms with Crippen LogP contribution in [-0.4, -0.2) is 33.6 Å². The van der Waals surface area contributed by atoms with Gasteiger partial charge in [0.25, 0.3) is 0 Å². The van der Waals surface area contributed by atoms with Crippen molar-refractivity contribution in [3.63, 3.8) is 0 Å². The van der Waals surface area contributed by atoms with Gasteiger partial charge in [-0.3, -0.25) is 4.90 Å². The van der Waals surface area contributed by atoms with Gasteiger partial charge >= 0.3 is 0 Å². The molecule has 0 spiro atoms. The van der Waals surface area contributed by atoms with E-state index in [0.717, 1.165) is 5.52 Å². The summed E-state index contributed by atoms with van der Waals surface area (Å²) in [5, 5.41) is 0. The molecule has 0 amide bonds. The average Bonchev–Trinajstić information content (AvgIpc) is 3.03. The molecule has 1 aromatic heterocycles. The first-order valence-electron chi connectivity index (χ1n) is 7.23. The predicted octanol–water partition coefficient (Wildman–Crippen LogP) is 2.34. The number of anilines is 1. The maximum Gasteiger partial charge on any atom is 0.201 e. The summed E-state index contributed by atoms with van der Waals surface area (Å²) < 4.78 is 2.29. The standard InChI is InChI=1S/C15H20N4/c1-10-4-2-5-13-14(10)17-15(16)19(13)12-7-9-18-8-3-6-11(12)18/h2,4-5,11-12H,3,6-9H2,1H3,(H2,16,17). The van der Waals surface area contributed by atoms with Crippen LogP contribution in [-0.2, 0) is 0 Å². The Morgan fingerprint density at radius 2 is 2.11 bits per heavy atom. The Bertz CT molecular complexity index is 630. The normalized spacial score (nSPS) is 27.2. The highest BCUT2D eigenvalue weighted by Gasteiger charge is 2.39. The molecule has 4 nitrogen and oxygen atoms in total. The van der Waals surface area contributed by atoms with Crippen molar-refractivity contribution in [2.75, 3.05) is 18.8 Å². The fourth-order valence-corrected chi connectivity index (χ4v) is 3.98. The largest absolute Gasteiger partial charge is 0.369 e. The Labute approximate surface area is 113 Å². The highest BCUT2D eigenvalue weighted by atomic mass is 15.3. The van der Waals surface area contributed by atoms with Crippen LogP contribution in [0.25, 0.3) is 11.0 Å². The second-order valence-electron chi connectivity index (χ2n) is 5.88. The van der Waals surface area contributed by atoms with Crippen LogP contribution in [0.5, 0.6) is 0 Å². The van der Waals surface area contributed by atoms with Gasteiger partial charge in [-0.05, 0) is 44.4 Å². The Balaban J connectivity index is 1.87. The molecule has 2 N–H and O–H groups in total. The molecule has 2 aliphatic heterocycles. The Morgan fingerprint density at radius 3 is 3.00 bits per heavy atom. The summed E-state index contributed by atoms with van der Waals surface area (Å²) in [6, 6.07) is 7.55. The van der Waals surface area contributed by atoms with Crippen LogP contribution in [0.15, 0.2) is 18.2 Å². The minimum absolute atomic E-state index is 0.509. The van der Waals surface area contributed by atoms with Crippen LogP contribution in [0, 0.1) is 6.92 Å². The lowest BCUT2D eigenvalue weighted by Crippen LogP contribution is -2.28. The summed E-state index contributed by atoms with van der Waals surface area (Å²) in [6.07, 6.45) is 3.83. The van der Waals surface area contributed by atoms with Crippen LogP contribution in [0.3, 0.4) is 0 Å². The molecule has 0 radical (unpaired) electrons. The maximum absolute atomic E-state index is 6.22. The van der Waals surface area contributed by atoms with Gasteiger partial charge in [0, 0.05) is 12.6 Å². The quantitative estimate of drug-likeness (QED) is 0.852. The van der Waals surface area contributed by atoms with Crippen molar-refractivity contribution in [3.05, 3.63) is 23.8 Å². The number of para-hydroxylation sites is 1. The number of imidazole rings is 1. The first-order chi connectivity index (χ1) is 9.25. The number of hydrogen-bond acceptors (Lipinski definition) is 3. The highest BCUT2D eigenvalue weighted by Crippen LogP contribution is 2.39. The molecule has 0 bridgehead atoms. The van der Waals surface area contributed by atoms with E-state index >= 15 is 0 Å². The molecule has 100 valence electrons. The number of aryl methyl sites for hydroxylation is 1.